The van der Waals surface area contributed by atoms with Crippen LogP contribution in [-0.2, 0) is 15.8 Å². The molecule has 0 saturated carbocycles. The number of nitrogens with one attached hydrogen (secondary N) is 1. The molecule has 0 amide bonds. The minimum absolute atomic E-state index is 0.161. The van der Waals surface area contributed by atoms with E-state index < -0.39 is 10.0 Å². The van der Waals surface area contributed by atoms with Gasteiger partial charge >= 0.3 is 6.01 Å². The second-order valence-electron chi connectivity index (χ2n) is 3.82. The van der Waals surface area contributed by atoms with Crippen LogP contribution in [0, 0.1) is 18.3 Å². The fraction of sp³-hybridized carbons (Fsp3) is 0.182. The lowest BCUT2D eigenvalue weighted by atomic mass is 10.2. The maximum absolute atomic E-state index is 11.8. The third kappa shape index (κ3) is 3.53. The van der Waals surface area contributed by atoms with Crippen LogP contribution in [0.1, 0.15) is 17.0 Å². The van der Waals surface area contributed by atoms with Crippen LogP contribution in [0.2, 0.25) is 0 Å². The normalized spacial score (nSPS) is 10.9. The van der Waals surface area contributed by atoms with Gasteiger partial charge in [-0.25, -0.2) is 13.1 Å². The summed E-state index contributed by atoms with van der Waals surface area (Å²) < 4.78 is 30.5. The smallest absolute Gasteiger partial charge is 0.314 e. The molecule has 0 bridgehead atoms. The quantitative estimate of drug-likeness (QED) is 0.899. The van der Waals surface area contributed by atoms with Crippen LogP contribution in [-0.4, -0.2) is 18.6 Å². The van der Waals surface area contributed by atoms with Gasteiger partial charge in [0.2, 0.25) is 10.0 Å². The third-order valence-corrected chi connectivity index (χ3v) is 3.41. The van der Waals surface area contributed by atoms with Crippen molar-refractivity contribution < 1.29 is 12.9 Å². The Morgan fingerprint density at radius 1 is 1.37 bits per heavy atom. The molecule has 19 heavy (non-hydrogen) atoms. The summed E-state index contributed by atoms with van der Waals surface area (Å²) in [6, 6.07) is 8.08. The maximum atomic E-state index is 11.8. The highest BCUT2D eigenvalue weighted by Gasteiger charge is 2.15. The monoisotopic (exact) mass is 278 g/mol. The molecular formula is C11H10N4O3S. The number of nitrogens with zero attached hydrogens (tertiary/aromatic N) is 3. The van der Waals surface area contributed by atoms with Crippen LogP contribution < -0.4 is 4.72 Å². The zero-order chi connectivity index (χ0) is 13.9. The molecule has 1 aromatic heterocycles. The first-order chi connectivity index (χ1) is 8.98. The van der Waals surface area contributed by atoms with Gasteiger partial charge in [0.1, 0.15) is 0 Å². The van der Waals surface area contributed by atoms with Crippen LogP contribution >= 0.6 is 0 Å². The molecule has 0 atom stereocenters. The molecule has 2 aromatic rings. The molecule has 0 spiro atoms. The van der Waals surface area contributed by atoms with Gasteiger partial charge in [0.25, 0.3) is 0 Å². The SMILES string of the molecule is Cc1noc(NS(=O)(=O)Cc2ccc(C#N)cc2)n1. The van der Waals surface area contributed by atoms with Crippen LogP contribution in [0.3, 0.4) is 0 Å². The van der Waals surface area contributed by atoms with Gasteiger partial charge in [0.05, 0.1) is 17.4 Å². The molecule has 8 heteroatoms. The molecule has 0 aliphatic heterocycles. The number of hydrogen-bond acceptors (Lipinski definition) is 6. The van der Waals surface area contributed by atoms with E-state index in [1.54, 1.807) is 31.2 Å². The van der Waals surface area contributed by atoms with Gasteiger partial charge < -0.3 is 4.52 Å². The van der Waals surface area contributed by atoms with E-state index >= 15 is 0 Å². The highest BCUT2D eigenvalue weighted by molar-refractivity contribution is 7.91. The largest absolute Gasteiger partial charge is 0.335 e. The summed E-state index contributed by atoms with van der Waals surface area (Å²) in [4.78, 5) is 3.75. The van der Waals surface area contributed by atoms with Gasteiger partial charge in [-0.2, -0.15) is 10.2 Å². The van der Waals surface area contributed by atoms with E-state index in [1.807, 2.05) is 6.07 Å². The molecule has 0 aliphatic rings. The van der Waals surface area contributed by atoms with Crippen LogP contribution in [0.4, 0.5) is 6.01 Å². The lowest BCUT2D eigenvalue weighted by molar-refractivity contribution is 0.429. The molecule has 0 unspecified atom stereocenters. The first kappa shape index (κ1) is 13.0. The lowest BCUT2D eigenvalue weighted by Crippen LogP contribution is -2.15. The number of nitriles is 1. The third-order valence-electron chi connectivity index (χ3n) is 2.21. The topological polar surface area (TPSA) is 109 Å². The Morgan fingerprint density at radius 3 is 2.58 bits per heavy atom. The average Bonchev–Trinajstić information content (AvgIpc) is 2.74. The standard InChI is InChI=1S/C11H10N4O3S/c1-8-13-11(18-14-8)15-19(16,17)7-10-4-2-9(6-12)3-5-10/h2-5H,7H2,1H3,(H,13,14,15). The summed E-state index contributed by atoms with van der Waals surface area (Å²) >= 11 is 0. The van der Waals surface area contributed by atoms with Crippen molar-refractivity contribution in [2.24, 2.45) is 0 Å². The van der Waals surface area contributed by atoms with E-state index in [1.165, 1.54) is 0 Å². The summed E-state index contributed by atoms with van der Waals surface area (Å²) in [5, 5.41) is 12.1. The van der Waals surface area contributed by atoms with E-state index in [4.69, 9.17) is 5.26 Å². The molecule has 0 fully saturated rings. The molecule has 1 heterocycles. The van der Waals surface area contributed by atoms with Gasteiger partial charge in [0.15, 0.2) is 5.82 Å². The maximum Gasteiger partial charge on any atom is 0.335 e. The number of sulfonamides is 1. The molecule has 1 aromatic carbocycles. The minimum Gasteiger partial charge on any atom is -0.314 e. The molecule has 2 rings (SSSR count). The number of aromatic nitrogens is 2. The zero-order valence-electron chi connectivity index (χ0n) is 9.99. The number of rotatable bonds is 4. The Balaban J connectivity index is 2.10. The summed E-state index contributed by atoms with van der Waals surface area (Å²) in [7, 11) is -3.62. The number of aryl methyl sites for hydroxylation is 1. The summed E-state index contributed by atoms with van der Waals surface area (Å²) in [5.74, 6) is 0.108. The fourth-order valence-electron chi connectivity index (χ4n) is 1.40. The van der Waals surface area contributed by atoms with Gasteiger partial charge in [-0.3, -0.25) is 0 Å². The van der Waals surface area contributed by atoms with Gasteiger partial charge in [-0.05, 0) is 24.6 Å². The number of hydrogen-bond donors (Lipinski definition) is 1. The van der Waals surface area contributed by atoms with E-state index in [2.05, 4.69) is 19.4 Å². The fourth-order valence-corrected chi connectivity index (χ4v) is 2.45. The Bertz CT molecular complexity index is 713. The molecule has 1 N–H and O–H groups in total. The van der Waals surface area contributed by atoms with Crippen molar-refractivity contribution in [3.05, 3.63) is 41.2 Å². The number of benzene rings is 1. The Hall–Kier alpha value is -2.40. The predicted molar refractivity (Wildman–Crippen MR) is 66.4 cm³/mol. The molecule has 0 aliphatic carbocycles. The molecular weight excluding hydrogens is 268 g/mol. The minimum atomic E-state index is -3.62. The van der Waals surface area contributed by atoms with Gasteiger partial charge in [-0.1, -0.05) is 17.3 Å². The Morgan fingerprint density at radius 2 is 2.05 bits per heavy atom. The van der Waals surface area contributed by atoms with E-state index in [9.17, 15) is 8.42 Å². The van der Waals surface area contributed by atoms with E-state index in [0.717, 1.165) is 0 Å². The molecule has 0 saturated heterocycles. The highest BCUT2D eigenvalue weighted by Crippen LogP contribution is 2.11. The van der Waals surface area contributed by atoms with Crippen molar-refractivity contribution in [3.8, 4) is 6.07 Å². The van der Waals surface area contributed by atoms with Crippen molar-refractivity contribution in [1.82, 2.24) is 10.1 Å². The predicted octanol–water partition coefficient (Wildman–Crippen LogP) is 1.19. The van der Waals surface area contributed by atoms with Crippen molar-refractivity contribution >= 4 is 16.0 Å². The molecule has 0 radical (unpaired) electrons. The summed E-state index contributed by atoms with van der Waals surface area (Å²) in [5.41, 5.74) is 1.03. The lowest BCUT2D eigenvalue weighted by Gasteiger charge is -2.03. The first-order valence-electron chi connectivity index (χ1n) is 5.28. The van der Waals surface area contributed by atoms with E-state index in [-0.39, 0.29) is 11.8 Å². The average molecular weight is 278 g/mol. The highest BCUT2D eigenvalue weighted by atomic mass is 32.2. The van der Waals surface area contributed by atoms with Crippen molar-refractivity contribution in [2.75, 3.05) is 4.72 Å². The van der Waals surface area contributed by atoms with Crippen molar-refractivity contribution in [1.29, 1.82) is 5.26 Å². The van der Waals surface area contributed by atoms with Crippen LogP contribution in [0.15, 0.2) is 28.8 Å². The Labute approximate surface area is 109 Å². The van der Waals surface area contributed by atoms with Crippen LogP contribution in [0.5, 0.6) is 0 Å². The summed E-state index contributed by atoms with van der Waals surface area (Å²) in [6.45, 7) is 1.59. The summed E-state index contributed by atoms with van der Waals surface area (Å²) in [6.07, 6.45) is 0. The second kappa shape index (κ2) is 5.07. The molecule has 7 nitrogen and oxygen atoms in total. The second-order valence-corrected chi connectivity index (χ2v) is 5.54. The van der Waals surface area contributed by atoms with E-state index in [0.29, 0.717) is 17.0 Å². The Kier molecular flexibility index (Phi) is 3.48. The zero-order valence-corrected chi connectivity index (χ0v) is 10.8. The molecule has 98 valence electrons. The van der Waals surface area contributed by atoms with Crippen molar-refractivity contribution in [3.63, 3.8) is 0 Å². The van der Waals surface area contributed by atoms with Crippen molar-refractivity contribution in [2.45, 2.75) is 12.7 Å². The number of anilines is 1. The first-order valence-corrected chi connectivity index (χ1v) is 6.93. The van der Waals surface area contributed by atoms with Gasteiger partial charge in [-0.15, -0.1) is 0 Å². The van der Waals surface area contributed by atoms with Gasteiger partial charge in [0, 0.05) is 0 Å². The van der Waals surface area contributed by atoms with Crippen LogP contribution in [0.25, 0.3) is 0 Å².